The van der Waals surface area contributed by atoms with Crippen LogP contribution in [0, 0.1) is 0 Å². The van der Waals surface area contributed by atoms with Gasteiger partial charge in [-0.2, -0.15) is 0 Å². The first-order valence-corrected chi connectivity index (χ1v) is 12.3. The molecule has 1 aliphatic rings. The molecule has 1 saturated heterocycles. The molecule has 1 aliphatic heterocycles. The lowest BCUT2D eigenvalue weighted by molar-refractivity contribution is 0.0699. The number of benzene rings is 1. The number of anilines is 1. The fourth-order valence-corrected chi connectivity index (χ4v) is 5.32. The third-order valence-electron chi connectivity index (χ3n) is 5.98. The molecule has 1 aromatic carbocycles. The third-order valence-corrected chi connectivity index (χ3v) is 7.15. The predicted molar refractivity (Wildman–Crippen MR) is 129 cm³/mol. The maximum Gasteiger partial charge on any atom is 0.337 e. The number of carboxylic acid groups (broad SMARTS) is 1. The molecule has 0 saturated carbocycles. The van der Waals surface area contributed by atoms with Gasteiger partial charge in [-0.05, 0) is 31.5 Å². The van der Waals surface area contributed by atoms with E-state index in [1.807, 2.05) is 6.07 Å². The van der Waals surface area contributed by atoms with Gasteiger partial charge in [0.1, 0.15) is 0 Å². The molecule has 0 spiro atoms. The monoisotopic (exact) mass is 470 g/mol. The molecule has 2 atom stereocenters. The van der Waals surface area contributed by atoms with Crippen LogP contribution in [0.4, 0.5) is 5.13 Å². The molecule has 4 N–H and O–H groups in total. The average Bonchev–Trinajstić information content (AvgIpc) is 3.49. The fraction of sp³-hybridized carbons (Fsp3) is 0.478. The van der Waals surface area contributed by atoms with Gasteiger partial charge in [-0.3, -0.25) is 4.79 Å². The van der Waals surface area contributed by atoms with Crippen molar-refractivity contribution < 1.29 is 14.7 Å². The summed E-state index contributed by atoms with van der Waals surface area (Å²) in [6.45, 7) is 4.48. The largest absolute Gasteiger partial charge is 0.478 e. The molecule has 9 nitrogen and oxygen atoms in total. The Morgan fingerprint density at radius 2 is 2.15 bits per heavy atom. The van der Waals surface area contributed by atoms with Gasteiger partial charge >= 0.3 is 5.97 Å². The minimum atomic E-state index is -0.943. The lowest BCUT2D eigenvalue weighted by atomic mass is 9.99. The number of carboxylic acids is 1. The summed E-state index contributed by atoms with van der Waals surface area (Å²) in [7, 11) is 0. The Hall–Kier alpha value is -2.98. The van der Waals surface area contributed by atoms with Crippen molar-refractivity contribution >= 4 is 38.6 Å². The normalized spacial score (nSPS) is 18.5. The van der Waals surface area contributed by atoms with E-state index in [-0.39, 0.29) is 23.6 Å². The molecule has 3 heterocycles. The smallest absolute Gasteiger partial charge is 0.337 e. The number of carbonyl (C=O) groups excluding carboxylic acids is 1. The van der Waals surface area contributed by atoms with Crippen molar-refractivity contribution in [1.82, 2.24) is 25.6 Å². The molecule has 1 amide bonds. The van der Waals surface area contributed by atoms with Crippen molar-refractivity contribution in [2.75, 3.05) is 24.5 Å². The van der Waals surface area contributed by atoms with E-state index in [0.717, 1.165) is 31.1 Å². The number of amides is 1. The molecular weight excluding hydrogens is 440 g/mol. The molecule has 10 heteroatoms. The molecule has 4 rings (SSSR count). The zero-order chi connectivity index (χ0) is 23.2. The molecule has 176 valence electrons. The summed E-state index contributed by atoms with van der Waals surface area (Å²) in [5, 5.41) is 17.1. The number of aromatic amines is 1. The van der Waals surface area contributed by atoms with Crippen molar-refractivity contribution in [3.63, 3.8) is 0 Å². The minimum absolute atomic E-state index is 0.0333. The van der Waals surface area contributed by atoms with E-state index in [9.17, 15) is 14.7 Å². The highest BCUT2D eigenvalue weighted by molar-refractivity contribution is 7.22. The van der Waals surface area contributed by atoms with Crippen LogP contribution >= 0.6 is 11.3 Å². The van der Waals surface area contributed by atoms with Gasteiger partial charge in [0.2, 0.25) is 0 Å². The number of carbonyl (C=O) groups is 2. The van der Waals surface area contributed by atoms with Crippen molar-refractivity contribution in [2.24, 2.45) is 0 Å². The molecular formula is C23H30N6O3S. The standard InChI is InChI=1S/C23H30N6O3S/c1-2-3-4-5-10-24-18-14-29(13-9-16(18)27-21(30)20-25-11-12-26-20)23-28-17-8-6-7-15(22(31)32)19(17)33-23/h6-8,11-12,16,18,24H,2-5,9-10,13-14H2,1H3,(H,25,26)(H,27,30)(H,31,32). The first-order chi connectivity index (χ1) is 16.1. The predicted octanol–water partition coefficient (Wildman–Crippen LogP) is 3.26. The number of hydrogen-bond acceptors (Lipinski definition) is 7. The number of nitrogens with zero attached hydrogens (tertiary/aromatic N) is 3. The number of rotatable bonds is 10. The van der Waals surface area contributed by atoms with Gasteiger partial charge in [0.05, 0.1) is 15.8 Å². The first-order valence-electron chi connectivity index (χ1n) is 11.5. The summed E-state index contributed by atoms with van der Waals surface area (Å²) in [4.78, 5) is 38.0. The Kier molecular flexibility index (Phi) is 7.56. The first kappa shape index (κ1) is 23.2. The molecule has 0 aliphatic carbocycles. The van der Waals surface area contributed by atoms with Crippen LogP contribution in [0.2, 0.25) is 0 Å². The number of thiazole rings is 1. The second-order valence-corrected chi connectivity index (χ2v) is 9.31. The van der Waals surface area contributed by atoms with Gasteiger partial charge in [-0.1, -0.05) is 43.6 Å². The highest BCUT2D eigenvalue weighted by Gasteiger charge is 2.32. The number of aromatic carboxylic acids is 1. The van der Waals surface area contributed by atoms with Gasteiger partial charge in [0.25, 0.3) is 5.91 Å². The number of H-pyrrole nitrogens is 1. The van der Waals surface area contributed by atoms with Crippen molar-refractivity contribution in [3.8, 4) is 0 Å². The number of piperidine rings is 1. The van der Waals surface area contributed by atoms with Crippen LogP contribution in [-0.2, 0) is 0 Å². The molecule has 2 unspecified atom stereocenters. The van der Waals surface area contributed by atoms with Gasteiger partial charge in [-0.15, -0.1) is 0 Å². The quantitative estimate of drug-likeness (QED) is 0.335. The molecule has 0 radical (unpaired) electrons. The fourth-order valence-electron chi connectivity index (χ4n) is 4.21. The van der Waals surface area contributed by atoms with E-state index in [1.165, 1.54) is 30.6 Å². The van der Waals surface area contributed by atoms with Crippen LogP contribution in [0.25, 0.3) is 10.2 Å². The van der Waals surface area contributed by atoms with Gasteiger partial charge < -0.3 is 25.6 Å². The maximum absolute atomic E-state index is 12.6. The Morgan fingerprint density at radius 3 is 2.91 bits per heavy atom. The summed E-state index contributed by atoms with van der Waals surface area (Å²) in [6.07, 6.45) is 8.63. The molecule has 33 heavy (non-hydrogen) atoms. The van der Waals surface area contributed by atoms with E-state index < -0.39 is 5.97 Å². The number of imidazole rings is 1. The Bertz CT molecular complexity index is 1080. The highest BCUT2D eigenvalue weighted by Crippen LogP contribution is 2.33. The van der Waals surface area contributed by atoms with Gasteiger partial charge in [-0.25, -0.2) is 14.8 Å². The highest BCUT2D eigenvalue weighted by atomic mass is 32.1. The van der Waals surface area contributed by atoms with Crippen LogP contribution in [0.3, 0.4) is 0 Å². The Labute approximate surface area is 196 Å². The number of hydrogen-bond donors (Lipinski definition) is 4. The summed E-state index contributed by atoms with van der Waals surface area (Å²) in [5.41, 5.74) is 0.981. The van der Waals surface area contributed by atoms with Crippen LogP contribution in [-0.4, -0.2) is 63.7 Å². The van der Waals surface area contributed by atoms with E-state index in [4.69, 9.17) is 4.98 Å². The van der Waals surface area contributed by atoms with Crippen LogP contribution in [0.5, 0.6) is 0 Å². The molecule has 3 aromatic rings. The van der Waals surface area contributed by atoms with E-state index >= 15 is 0 Å². The van der Waals surface area contributed by atoms with E-state index in [1.54, 1.807) is 24.5 Å². The second-order valence-electron chi connectivity index (χ2n) is 8.33. The van der Waals surface area contributed by atoms with E-state index in [0.29, 0.717) is 22.6 Å². The van der Waals surface area contributed by atoms with E-state index in [2.05, 4.69) is 32.4 Å². The minimum Gasteiger partial charge on any atom is -0.478 e. The maximum atomic E-state index is 12.6. The van der Waals surface area contributed by atoms with Crippen molar-refractivity contribution in [1.29, 1.82) is 0 Å². The number of unbranched alkanes of at least 4 members (excludes halogenated alkanes) is 3. The van der Waals surface area contributed by atoms with Crippen LogP contribution in [0.15, 0.2) is 30.6 Å². The SMILES string of the molecule is CCCCCCNC1CN(c2nc3cccc(C(=O)O)c3s2)CCC1NC(=O)c1ncc[nH]1. The molecule has 0 bridgehead atoms. The molecule has 1 fully saturated rings. The van der Waals surface area contributed by atoms with Crippen molar-refractivity contribution in [3.05, 3.63) is 42.0 Å². The lowest BCUT2D eigenvalue weighted by Crippen LogP contribution is -2.59. The second kappa shape index (κ2) is 10.8. The Balaban J connectivity index is 1.48. The zero-order valence-electron chi connectivity index (χ0n) is 18.7. The number of aromatic nitrogens is 3. The molecule has 2 aromatic heterocycles. The average molecular weight is 471 g/mol. The third kappa shape index (κ3) is 5.51. The summed E-state index contributed by atoms with van der Waals surface area (Å²) < 4.78 is 0.692. The summed E-state index contributed by atoms with van der Waals surface area (Å²) >= 11 is 1.41. The number of fused-ring (bicyclic) bond motifs is 1. The Morgan fingerprint density at radius 1 is 1.27 bits per heavy atom. The zero-order valence-corrected chi connectivity index (χ0v) is 19.5. The van der Waals surface area contributed by atoms with Crippen molar-refractivity contribution in [2.45, 2.75) is 51.1 Å². The topological polar surface area (TPSA) is 123 Å². The van der Waals surface area contributed by atoms with Crippen LogP contribution < -0.4 is 15.5 Å². The van der Waals surface area contributed by atoms with Crippen LogP contribution in [0.1, 0.15) is 60.0 Å². The van der Waals surface area contributed by atoms with Gasteiger partial charge in [0, 0.05) is 37.6 Å². The summed E-state index contributed by atoms with van der Waals surface area (Å²) in [5.74, 6) is -0.837. The lowest BCUT2D eigenvalue weighted by Gasteiger charge is -2.39. The van der Waals surface area contributed by atoms with Gasteiger partial charge in [0.15, 0.2) is 11.0 Å². The number of nitrogens with one attached hydrogen (secondary N) is 3. The summed E-state index contributed by atoms with van der Waals surface area (Å²) in [6, 6.07) is 5.21.